The van der Waals surface area contributed by atoms with Crippen LogP contribution in [0.1, 0.15) is 17.8 Å². The number of rotatable bonds is 6. The molecule has 1 saturated heterocycles. The van der Waals surface area contributed by atoms with E-state index in [1.54, 1.807) is 18.4 Å². The van der Waals surface area contributed by atoms with Gasteiger partial charge >= 0.3 is 0 Å². The number of methoxy groups -OCH3 is 1. The minimum atomic E-state index is 0. The average Bonchev–Trinajstić information content (AvgIpc) is 3.21. The van der Waals surface area contributed by atoms with Crippen LogP contribution in [0, 0.1) is 5.92 Å². The Kier molecular flexibility index (Phi) is 8.38. The van der Waals surface area contributed by atoms with E-state index in [0.717, 1.165) is 50.6 Å². The predicted molar refractivity (Wildman–Crippen MR) is 116 cm³/mol. The topological polar surface area (TPSA) is 49.8 Å². The molecule has 1 aromatic heterocycles. The molecule has 0 spiro atoms. The van der Waals surface area contributed by atoms with E-state index in [4.69, 9.17) is 9.72 Å². The first-order valence-corrected chi connectivity index (χ1v) is 9.40. The number of likely N-dealkylation sites (tertiary alicyclic amines) is 1. The van der Waals surface area contributed by atoms with Crippen molar-refractivity contribution in [1.82, 2.24) is 15.2 Å². The van der Waals surface area contributed by atoms with Gasteiger partial charge in [-0.1, -0.05) is 12.1 Å². The number of hydrogen-bond acceptors (Lipinski definition) is 4. The molecule has 25 heavy (non-hydrogen) atoms. The molecule has 1 aliphatic heterocycles. The Hall–Kier alpha value is -0.930. The summed E-state index contributed by atoms with van der Waals surface area (Å²) in [4.78, 5) is 11.4. The number of hydrogen-bond donors (Lipinski definition) is 1. The molecule has 3 rings (SSSR count). The zero-order chi connectivity index (χ0) is 16.8. The van der Waals surface area contributed by atoms with Crippen LogP contribution in [0.5, 0.6) is 0 Å². The molecule has 1 N–H and O–H groups in total. The smallest absolute Gasteiger partial charge is 0.193 e. The van der Waals surface area contributed by atoms with E-state index < -0.39 is 0 Å². The van der Waals surface area contributed by atoms with Crippen molar-refractivity contribution in [3.8, 4) is 0 Å². The fraction of sp³-hybridized carbons (Fsp3) is 0.556. The Morgan fingerprint density at radius 3 is 3.04 bits per heavy atom. The molecule has 0 radical (unpaired) electrons. The van der Waals surface area contributed by atoms with Gasteiger partial charge in [0.15, 0.2) is 5.96 Å². The third-order valence-corrected chi connectivity index (χ3v) is 5.48. The van der Waals surface area contributed by atoms with Crippen LogP contribution >= 0.6 is 35.3 Å². The van der Waals surface area contributed by atoms with Crippen molar-refractivity contribution >= 4 is 51.5 Å². The van der Waals surface area contributed by atoms with E-state index in [1.165, 1.54) is 16.1 Å². The van der Waals surface area contributed by atoms with Crippen LogP contribution in [0.25, 0.3) is 10.2 Å². The molecule has 1 aliphatic rings. The quantitative estimate of drug-likeness (QED) is 0.302. The van der Waals surface area contributed by atoms with E-state index >= 15 is 0 Å². The second kappa shape index (κ2) is 10.3. The van der Waals surface area contributed by atoms with Crippen LogP contribution in [0.3, 0.4) is 0 Å². The Morgan fingerprint density at radius 2 is 2.28 bits per heavy atom. The molecule has 1 atom stereocenters. The van der Waals surface area contributed by atoms with Crippen LogP contribution < -0.4 is 5.32 Å². The number of nitrogens with zero attached hydrogens (tertiary/aromatic N) is 3. The van der Waals surface area contributed by atoms with Crippen LogP contribution in [0.4, 0.5) is 0 Å². The van der Waals surface area contributed by atoms with Crippen molar-refractivity contribution in [1.29, 1.82) is 0 Å². The molecule has 1 aromatic carbocycles. The molecular formula is C18H27IN4OS. The number of aromatic nitrogens is 1. The Morgan fingerprint density at radius 1 is 1.44 bits per heavy atom. The van der Waals surface area contributed by atoms with E-state index in [0.29, 0.717) is 5.92 Å². The minimum Gasteiger partial charge on any atom is -0.384 e. The normalized spacial score (nSPS) is 17.8. The maximum atomic E-state index is 5.27. The van der Waals surface area contributed by atoms with Crippen molar-refractivity contribution in [3.63, 3.8) is 0 Å². The van der Waals surface area contributed by atoms with Gasteiger partial charge in [0.2, 0.25) is 0 Å². The van der Waals surface area contributed by atoms with Gasteiger partial charge < -0.3 is 15.0 Å². The van der Waals surface area contributed by atoms with Gasteiger partial charge in [-0.05, 0) is 25.0 Å². The van der Waals surface area contributed by atoms with Crippen molar-refractivity contribution < 1.29 is 4.74 Å². The highest BCUT2D eigenvalue weighted by Crippen LogP contribution is 2.22. The summed E-state index contributed by atoms with van der Waals surface area (Å²) in [6, 6.07) is 8.34. The maximum absolute atomic E-state index is 5.27. The molecule has 0 aliphatic carbocycles. The highest BCUT2D eigenvalue weighted by atomic mass is 127. The monoisotopic (exact) mass is 474 g/mol. The van der Waals surface area contributed by atoms with E-state index in [1.807, 2.05) is 13.1 Å². The molecule has 138 valence electrons. The molecule has 2 heterocycles. The molecule has 5 nitrogen and oxygen atoms in total. The molecular weight excluding hydrogens is 447 g/mol. The number of para-hydroxylation sites is 1. The van der Waals surface area contributed by atoms with Crippen molar-refractivity contribution in [2.45, 2.75) is 19.3 Å². The zero-order valence-corrected chi connectivity index (χ0v) is 18.0. The van der Waals surface area contributed by atoms with Gasteiger partial charge in [-0.2, -0.15) is 0 Å². The highest BCUT2D eigenvalue weighted by molar-refractivity contribution is 14.0. The third kappa shape index (κ3) is 5.52. The summed E-state index contributed by atoms with van der Waals surface area (Å²) in [5, 5.41) is 4.71. The highest BCUT2D eigenvalue weighted by Gasteiger charge is 2.24. The largest absolute Gasteiger partial charge is 0.384 e. The minimum absolute atomic E-state index is 0. The van der Waals surface area contributed by atoms with Crippen molar-refractivity contribution in [2.24, 2.45) is 10.9 Å². The Balaban J connectivity index is 0.00000225. The van der Waals surface area contributed by atoms with Gasteiger partial charge in [-0.3, -0.25) is 4.99 Å². The molecule has 0 amide bonds. The summed E-state index contributed by atoms with van der Waals surface area (Å²) >= 11 is 1.80. The maximum Gasteiger partial charge on any atom is 0.193 e. The first-order valence-electron chi connectivity index (χ1n) is 8.59. The summed E-state index contributed by atoms with van der Waals surface area (Å²) in [7, 11) is 3.64. The van der Waals surface area contributed by atoms with Gasteiger partial charge in [-0.15, -0.1) is 35.3 Å². The standard InChI is InChI=1S/C18H26N4OS.HI/c1-19-18(22-11-9-14(12-22)13-23-2)20-10-5-8-17-21-15-6-3-4-7-16(15)24-17;/h3-4,6-7,14H,5,8-13H2,1-2H3,(H,19,20);1H. The number of benzene rings is 1. The van der Waals surface area contributed by atoms with E-state index in [9.17, 15) is 0 Å². The van der Waals surface area contributed by atoms with Crippen molar-refractivity contribution in [2.75, 3.05) is 40.4 Å². The number of halogens is 1. The fourth-order valence-corrected chi connectivity index (χ4v) is 4.20. The number of thiazole rings is 1. The average molecular weight is 474 g/mol. The van der Waals surface area contributed by atoms with E-state index in [2.05, 4.69) is 33.4 Å². The van der Waals surface area contributed by atoms with Crippen LogP contribution in [0.15, 0.2) is 29.3 Å². The van der Waals surface area contributed by atoms with Crippen LogP contribution in [-0.4, -0.2) is 56.2 Å². The first kappa shape index (κ1) is 20.4. The number of fused-ring (bicyclic) bond motifs is 1. The lowest BCUT2D eigenvalue weighted by Crippen LogP contribution is -2.40. The number of aliphatic imine (C=N–C) groups is 1. The second-order valence-electron chi connectivity index (χ2n) is 6.21. The molecule has 0 saturated carbocycles. The molecule has 2 aromatic rings. The number of ether oxygens (including phenoxy) is 1. The van der Waals surface area contributed by atoms with Gasteiger partial charge in [-0.25, -0.2) is 4.98 Å². The second-order valence-corrected chi connectivity index (χ2v) is 7.32. The number of aryl methyl sites for hydroxylation is 1. The van der Waals surface area contributed by atoms with Crippen LogP contribution in [0.2, 0.25) is 0 Å². The number of guanidine groups is 1. The number of nitrogens with one attached hydrogen (secondary N) is 1. The van der Waals surface area contributed by atoms with Gasteiger partial charge in [0.1, 0.15) is 0 Å². The van der Waals surface area contributed by atoms with Gasteiger partial charge in [0.05, 0.1) is 21.8 Å². The summed E-state index contributed by atoms with van der Waals surface area (Å²) in [5.41, 5.74) is 1.11. The summed E-state index contributed by atoms with van der Waals surface area (Å²) in [5.74, 6) is 1.63. The van der Waals surface area contributed by atoms with Gasteiger partial charge in [0.25, 0.3) is 0 Å². The lowest BCUT2D eigenvalue weighted by Gasteiger charge is -2.21. The Bertz CT molecular complexity index is 658. The SMILES string of the molecule is CN=C(NCCCc1nc2ccccc2s1)N1CCC(COC)C1.I. The van der Waals surface area contributed by atoms with Gasteiger partial charge in [0, 0.05) is 46.1 Å². The van der Waals surface area contributed by atoms with Crippen molar-refractivity contribution in [3.05, 3.63) is 29.3 Å². The summed E-state index contributed by atoms with van der Waals surface area (Å²) < 4.78 is 6.54. The fourth-order valence-electron chi connectivity index (χ4n) is 3.20. The molecule has 7 heteroatoms. The molecule has 1 fully saturated rings. The van der Waals surface area contributed by atoms with E-state index in [-0.39, 0.29) is 24.0 Å². The molecule has 1 unspecified atom stereocenters. The Labute approximate surface area is 170 Å². The predicted octanol–water partition coefficient (Wildman–Crippen LogP) is 3.39. The zero-order valence-electron chi connectivity index (χ0n) is 14.9. The summed E-state index contributed by atoms with van der Waals surface area (Å²) in [6.07, 6.45) is 3.25. The van der Waals surface area contributed by atoms with Crippen LogP contribution in [-0.2, 0) is 11.2 Å². The summed E-state index contributed by atoms with van der Waals surface area (Å²) in [6.45, 7) is 3.86. The lowest BCUT2D eigenvalue weighted by atomic mass is 10.1. The first-order chi connectivity index (χ1) is 11.8. The molecule has 0 bridgehead atoms. The lowest BCUT2D eigenvalue weighted by molar-refractivity contribution is 0.157. The third-order valence-electron chi connectivity index (χ3n) is 4.39.